The summed E-state index contributed by atoms with van der Waals surface area (Å²) in [5.74, 6) is 1.26. The molecule has 1 nitrogen and oxygen atoms in total. The van der Waals surface area contributed by atoms with Crippen molar-refractivity contribution < 1.29 is 0 Å². The van der Waals surface area contributed by atoms with E-state index in [0.717, 1.165) is 13.1 Å². The van der Waals surface area contributed by atoms with Gasteiger partial charge in [-0.2, -0.15) is 0 Å². The van der Waals surface area contributed by atoms with E-state index in [9.17, 15) is 0 Å². The molecule has 0 aliphatic carbocycles. The van der Waals surface area contributed by atoms with E-state index in [1.54, 1.807) is 0 Å². The fraction of sp³-hybridized carbons (Fsp3) is 0.455. The van der Waals surface area contributed by atoms with E-state index >= 15 is 0 Å². The fourth-order valence-electron chi connectivity index (χ4n) is 1.40. The van der Waals surface area contributed by atoms with E-state index in [2.05, 4.69) is 36.1 Å². The summed E-state index contributed by atoms with van der Waals surface area (Å²) >= 11 is 11.5. The van der Waals surface area contributed by atoms with Gasteiger partial charge in [-0.25, -0.2) is 0 Å². The highest BCUT2D eigenvalue weighted by molar-refractivity contribution is 6.18. The number of rotatable bonds is 5. The predicted octanol–water partition coefficient (Wildman–Crippen LogP) is 3.28. The van der Waals surface area contributed by atoms with Gasteiger partial charge in [-0.3, -0.25) is 0 Å². The SMILES string of the molecule is Cc1cccc(N(CCCl)CCCl)c1. The molecule has 0 aliphatic heterocycles. The number of alkyl halides is 2. The van der Waals surface area contributed by atoms with Crippen LogP contribution in [0.25, 0.3) is 0 Å². The van der Waals surface area contributed by atoms with Gasteiger partial charge in [-0.05, 0) is 24.6 Å². The van der Waals surface area contributed by atoms with Crippen LogP contribution in [0.4, 0.5) is 5.69 Å². The Kier molecular flexibility index (Phi) is 5.13. The number of hydrogen-bond acceptors (Lipinski definition) is 1. The molecule has 0 aromatic heterocycles. The average molecular weight is 232 g/mol. The molecule has 0 saturated carbocycles. The lowest BCUT2D eigenvalue weighted by atomic mass is 10.2. The molecule has 0 spiro atoms. The zero-order valence-corrected chi connectivity index (χ0v) is 9.85. The van der Waals surface area contributed by atoms with Crippen LogP contribution in [-0.4, -0.2) is 24.8 Å². The highest BCUT2D eigenvalue weighted by atomic mass is 35.5. The minimum Gasteiger partial charge on any atom is -0.369 e. The summed E-state index contributed by atoms with van der Waals surface area (Å²) in [5.41, 5.74) is 2.46. The van der Waals surface area contributed by atoms with Gasteiger partial charge in [-0.1, -0.05) is 12.1 Å². The van der Waals surface area contributed by atoms with Gasteiger partial charge in [0.1, 0.15) is 0 Å². The molecular weight excluding hydrogens is 217 g/mol. The van der Waals surface area contributed by atoms with Crippen molar-refractivity contribution in [3.8, 4) is 0 Å². The number of aryl methyl sites for hydroxylation is 1. The first-order valence-electron chi connectivity index (χ1n) is 4.71. The lowest BCUT2D eigenvalue weighted by molar-refractivity contribution is 0.873. The van der Waals surface area contributed by atoms with Gasteiger partial charge in [0.2, 0.25) is 0 Å². The predicted molar refractivity (Wildman–Crippen MR) is 64.8 cm³/mol. The molecule has 0 unspecified atom stereocenters. The second-order valence-corrected chi connectivity index (χ2v) is 3.96. The second kappa shape index (κ2) is 6.15. The van der Waals surface area contributed by atoms with Gasteiger partial charge in [0.15, 0.2) is 0 Å². The number of nitrogens with zero attached hydrogens (tertiary/aromatic N) is 1. The highest BCUT2D eigenvalue weighted by Gasteiger charge is 2.04. The lowest BCUT2D eigenvalue weighted by Crippen LogP contribution is -2.27. The largest absolute Gasteiger partial charge is 0.369 e. The topological polar surface area (TPSA) is 3.24 Å². The van der Waals surface area contributed by atoms with E-state index < -0.39 is 0 Å². The van der Waals surface area contributed by atoms with Gasteiger partial charge in [0.25, 0.3) is 0 Å². The number of anilines is 1. The molecule has 0 amide bonds. The van der Waals surface area contributed by atoms with Gasteiger partial charge < -0.3 is 4.90 Å². The van der Waals surface area contributed by atoms with Crippen LogP contribution >= 0.6 is 23.2 Å². The minimum atomic E-state index is 0.630. The molecule has 0 fully saturated rings. The number of benzene rings is 1. The first kappa shape index (κ1) is 11.7. The summed E-state index contributed by atoms with van der Waals surface area (Å²) in [6.07, 6.45) is 0. The molecule has 78 valence electrons. The molecule has 0 saturated heterocycles. The normalized spacial score (nSPS) is 10.2. The summed E-state index contributed by atoms with van der Waals surface area (Å²) in [7, 11) is 0. The molecule has 14 heavy (non-hydrogen) atoms. The van der Waals surface area contributed by atoms with Crippen LogP contribution in [0.5, 0.6) is 0 Å². The molecular formula is C11H15Cl2N. The molecule has 0 atom stereocenters. The Balaban J connectivity index is 2.75. The van der Waals surface area contributed by atoms with Crippen LogP contribution in [0.3, 0.4) is 0 Å². The molecule has 0 N–H and O–H groups in total. The maximum Gasteiger partial charge on any atom is 0.0399 e. The molecule has 0 aliphatic rings. The Bertz CT molecular complexity index is 270. The second-order valence-electron chi connectivity index (χ2n) is 3.20. The van der Waals surface area contributed by atoms with Crippen LogP contribution in [0, 0.1) is 6.92 Å². The van der Waals surface area contributed by atoms with Crippen molar-refractivity contribution in [2.75, 3.05) is 29.7 Å². The van der Waals surface area contributed by atoms with Crippen LogP contribution < -0.4 is 4.90 Å². The number of halogens is 2. The van der Waals surface area contributed by atoms with E-state index in [1.165, 1.54) is 11.3 Å². The van der Waals surface area contributed by atoms with E-state index in [1.807, 2.05) is 0 Å². The zero-order chi connectivity index (χ0) is 10.4. The summed E-state index contributed by atoms with van der Waals surface area (Å²) < 4.78 is 0. The maximum absolute atomic E-state index is 5.74. The van der Waals surface area contributed by atoms with Gasteiger partial charge in [0.05, 0.1) is 0 Å². The van der Waals surface area contributed by atoms with Crippen molar-refractivity contribution in [1.29, 1.82) is 0 Å². The van der Waals surface area contributed by atoms with Crippen molar-refractivity contribution in [2.24, 2.45) is 0 Å². The van der Waals surface area contributed by atoms with Gasteiger partial charge >= 0.3 is 0 Å². The maximum atomic E-state index is 5.74. The van der Waals surface area contributed by atoms with Crippen LogP contribution in [0.15, 0.2) is 24.3 Å². The van der Waals surface area contributed by atoms with Crippen LogP contribution in [0.2, 0.25) is 0 Å². The number of hydrogen-bond donors (Lipinski definition) is 0. The van der Waals surface area contributed by atoms with Gasteiger partial charge in [0, 0.05) is 30.5 Å². The zero-order valence-electron chi connectivity index (χ0n) is 8.34. The summed E-state index contributed by atoms with van der Waals surface area (Å²) in [6.45, 7) is 3.78. The highest BCUT2D eigenvalue weighted by Crippen LogP contribution is 2.15. The Labute approximate surface area is 95.6 Å². The molecule has 0 bridgehead atoms. The molecule has 1 aromatic rings. The summed E-state index contributed by atoms with van der Waals surface area (Å²) in [5, 5.41) is 0. The van der Waals surface area contributed by atoms with Crippen molar-refractivity contribution in [2.45, 2.75) is 6.92 Å². The van der Waals surface area contributed by atoms with Crippen LogP contribution in [-0.2, 0) is 0 Å². The standard InChI is InChI=1S/C11H15Cl2N/c1-10-3-2-4-11(9-10)14(7-5-12)8-6-13/h2-4,9H,5-8H2,1H3. The minimum absolute atomic E-state index is 0.630. The van der Waals surface area contributed by atoms with E-state index in [0.29, 0.717) is 11.8 Å². The van der Waals surface area contributed by atoms with E-state index in [4.69, 9.17) is 23.2 Å². The molecule has 1 rings (SSSR count). The van der Waals surface area contributed by atoms with Crippen molar-refractivity contribution in [1.82, 2.24) is 0 Å². The monoisotopic (exact) mass is 231 g/mol. The van der Waals surface area contributed by atoms with E-state index in [-0.39, 0.29) is 0 Å². The Morgan fingerprint density at radius 1 is 1.14 bits per heavy atom. The Morgan fingerprint density at radius 3 is 2.29 bits per heavy atom. The summed E-state index contributed by atoms with van der Waals surface area (Å²) in [4.78, 5) is 2.20. The summed E-state index contributed by atoms with van der Waals surface area (Å²) in [6, 6.07) is 8.38. The van der Waals surface area contributed by atoms with Crippen molar-refractivity contribution in [3.05, 3.63) is 29.8 Å². The molecule has 3 heteroatoms. The van der Waals surface area contributed by atoms with Crippen LogP contribution in [0.1, 0.15) is 5.56 Å². The molecule has 1 aromatic carbocycles. The smallest absolute Gasteiger partial charge is 0.0399 e. The van der Waals surface area contributed by atoms with Gasteiger partial charge in [-0.15, -0.1) is 23.2 Å². The molecule has 0 radical (unpaired) electrons. The quantitative estimate of drug-likeness (QED) is 0.704. The Morgan fingerprint density at radius 2 is 1.79 bits per heavy atom. The lowest BCUT2D eigenvalue weighted by Gasteiger charge is -2.23. The first-order chi connectivity index (χ1) is 6.77. The first-order valence-corrected chi connectivity index (χ1v) is 5.78. The van der Waals surface area contributed by atoms with Crippen molar-refractivity contribution >= 4 is 28.9 Å². The van der Waals surface area contributed by atoms with Crippen molar-refractivity contribution in [3.63, 3.8) is 0 Å². The third-order valence-electron chi connectivity index (χ3n) is 2.08. The third-order valence-corrected chi connectivity index (χ3v) is 2.41. The third kappa shape index (κ3) is 3.39. The average Bonchev–Trinajstić information content (AvgIpc) is 2.17. The fourth-order valence-corrected chi connectivity index (χ4v) is 1.81. The molecule has 0 heterocycles. The Hall–Kier alpha value is -0.400.